The summed E-state index contributed by atoms with van der Waals surface area (Å²) in [6, 6.07) is 7.88. The summed E-state index contributed by atoms with van der Waals surface area (Å²) in [5, 5.41) is 8.81. The number of halogens is 3. The Balaban J connectivity index is 2.21. The van der Waals surface area contributed by atoms with Crippen LogP contribution < -0.4 is 0 Å². The Labute approximate surface area is 190 Å². The van der Waals surface area contributed by atoms with Crippen molar-refractivity contribution in [1.29, 1.82) is 0 Å². The lowest BCUT2D eigenvalue weighted by atomic mass is 10.00. The highest BCUT2D eigenvalue weighted by atomic mass is 35.5. The predicted octanol–water partition coefficient (Wildman–Crippen LogP) is 3.56. The SMILES string of the molecule is C#CCN(C)Cc1nnc(CN(C)C)n1-c1ccc(Cl)cc1C(=O)c1c(F)cccc1F. The lowest BCUT2D eigenvalue weighted by Crippen LogP contribution is -2.23. The van der Waals surface area contributed by atoms with Gasteiger partial charge in [-0.25, -0.2) is 8.78 Å². The van der Waals surface area contributed by atoms with Crippen LogP contribution in [-0.4, -0.2) is 58.0 Å². The van der Waals surface area contributed by atoms with Crippen LogP contribution in [0.3, 0.4) is 0 Å². The van der Waals surface area contributed by atoms with Crippen LogP contribution in [0, 0.1) is 24.0 Å². The minimum absolute atomic E-state index is 0.0298. The van der Waals surface area contributed by atoms with E-state index in [0.717, 1.165) is 12.1 Å². The fourth-order valence-corrected chi connectivity index (χ4v) is 3.48. The molecule has 1 heterocycles. The zero-order valence-corrected chi connectivity index (χ0v) is 18.7. The average Bonchev–Trinajstić information content (AvgIpc) is 3.09. The lowest BCUT2D eigenvalue weighted by molar-refractivity contribution is 0.103. The third-order valence-electron chi connectivity index (χ3n) is 4.66. The summed E-state index contributed by atoms with van der Waals surface area (Å²) < 4.78 is 30.5. The summed E-state index contributed by atoms with van der Waals surface area (Å²) in [5.74, 6) is 0.895. The third kappa shape index (κ3) is 5.02. The molecule has 0 aliphatic rings. The fraction of sp³-hybridized carbons (Fsp3) is 0.261. The summed E-state index contributed by atoms with van der Waals surface area (Å²) in [6.45, 7) is 1.13. The van der Waals surface area contributed by atoms with Crippen LogP contribution in [0.2, 0.25) is 5.02 Å². The highest BCUT2D eigenvalue weighted by Gasteiger charge is 2.25. The topological polar surface area (TPSA) is 54.3 Å². The van der Waals surface area contributed by atoms with Crippen molar-refractivity contribution in [2.75, 3.05) is 27.7 Å². The van der Waals surface area contributed by atoms with E-state index >= 15 is 0 Å². The van der Waals surface area contributed by atoms with E-state index in [-0.39, 0.29) is 10.6 Å². The summed E-state index contributed by atoms with van der Waals surface area (Å²) in [5.41, 5.74) is -0.251. The number of terminal acetylenes is 1. The first-order chi connectivity index (χ1) is 15.2. The average molecular weight is 458 g/mol. The van der Waals surface area contributed by atoms with Crippen molar-refractivity contribution in [1.82, 2.24) is 24.6 Å². The van der Waals surface area contributed by atoms with Crippen LogP contribution >= 0.6 is 11.6 Å². The Kier molecular flexibility index (Phi) is 7.36. The highest BCUT2D eigenvalue weighted by molar-refractivity contribution is 6.31. The van der Waals surface area contributed by atoms with Gasteiger partial charge in [-0.2, -0.15) is 0 Å². The number of carbonyl (C=O) groups is 1. The molecule has 2 aromatic carbocycles. The molecule has 0 N–H and O–H groups in total. The van der Waals surface area contributed by atoms with Gasteiger partial charge in [0.15, 0.2) is 11.6 Å². The molecule has 166 valence electrons. The first kappa shape index (κ1) is 23.5. The minimum atomic E-state index is -0.952. The zero-order chi connectivity index (χ0) is 23.4. The lowest BCUT2D eigenvalue weighted by Gasteiger charge is -2.19. The molecule has 0 aliphatic carbocycles. The molecular weight excluding hydrogens is 436 g/mol. The van der Waals surface area contributed by atoms with Gasteiger partial charge in [-0.3, -0.25) is 14.3 Å². The van der Waals surface area contributed by atoms with Gasteiger partial charge in [-0.15, -0.1) is 16.6 Å². The van der Waals surface area contributed by atoms with Gasteiger partial charge in [-0.05, 0) is 51.5 Å². The maximum atomic E-state index is 14.4. The molecule has 6 nitrogen and oxygen atoms in total. The molecule has 0 fully saturated rings. The van der Waals surface area contributed by atoms with Gasteiger partial charge in [0, 0.05) is 10.6 Å². The molecule has 0 aliphatic heterocycles. The summed E-state index contributed by atoms with van der Waals surface area (Å²) >= 11 is 6.16. The number of hydrogen-bond acceptors (Lipinski definition) is 5. The molecule has 0 spiro atoms. The number of ketones is 1. The summed E-state index contributed by atoms with van der Waals surface area (Å²) in [4.78, 5) is 17.0. The van der Waals surface area contributed by atoms with E-state index in [9.17, 15) is 13.6 Å². The van der Waals surface area contributed by atoms with Crippen molar-refractivity contribution in [2.45, 2.75) is 13.1 Å². The van der Waals surface area contributed by atoms with E-state index in [1.807, 2.05) is 30.9 Å². The maximum absolute atomic E-state index is 14.4. The second kappa shape index (κ2) is 10.0. The molecule has 32 heavy (non-hydrogen) atoms. The molecule has 3 rings (SSSR count). The monoisotopic (exact) mass is 457 g/mol. The number of rotatable bonds is 8. The molecule has 0 unspecified atom stereocenters. The first-order valence-electron chi connectivity index (χ1n) is 9.71. The van der Waals surface area contributed by atoms with Gasteiger partial charge >= 0.3 is 0 Å². The molecule has 1 aromatic heterocycles. The number of hydrogen-bond donors (Lipinski definition) is 0. The Morgan fingerprint density at radius 2 is 1.72 bits per heavy atom. The molecule has 0 atom stereocenters. The number of carbonyl (C=O) groups excluding carboxylic acids is 1. The summed E-state index contributed by atoms with van der Waals surface area (Å²) in [6.07, 6.45) is 5.41. The standard InChI is InChI=1S/C23H22ClF2N5O/c1-5-11-30(4)14-21-28-27-20(13-29(2)3)31(21)19-10-9-15(24)12-16(19)23(32)22-17(25)7-6-8-18(22)26/h1,6-10,12H,11,13-14H2,2-4H3. The molecule has 3 aromatic rings. The van der Waals surface area contributed by atoms with Crippen molar-refractivity contribution in [2.24, 2.45) is 0 Å². The normalized spacial score (nSPS) is 11.2. The molecule has 0 saturated carbocycles. The van der Waals surface area contributed by atoms with Gasteiger partial charge < -0.3 is 4.90 Å². The Morgan fingerprint density at radius 3 is 2.31 bits per heavy atom. The molecule has 0 bridgehead atoms. The molecule has 0 saturated heterocycles. The quantitative estimate of drug-likeness (QED) is 0.382. The number of aromatic nitrogens is 3. The van der Waals surface area contributed by atoms with Crippen LogP contribution in [-0.2, 0) is 13.1 Å². The van der Waals surface area contributed by atoms with Crippen molar-refractivity contribution < 1.29 is 13.6 Å². The highest BCUT2D eigenvalue weighted by Crippen LogP contribution is 2.27. The molecular formula is C23H22ClF2N5O. The number of nitrogens with zero attached hydrogens (tertiary/aromatic N) is 5. The summed E-state index contributed by atoms with van der Waals surface area (Å²) in [7, 11) is 5.56. The van der Waals surface area contributed by atoms with Crippen molar-refractivity contribution in [3.63, 3.8) is 0 Å². The Morgan fingerprint density at radius 1 is 1.09 bits per heavy atom. The van der Waals surface area contributed by atoms with Crippen LogP contribution in [0.4, 0.5) is 8.78 Å². The van der Waals surface area contributed by atoms with Gasteiger partial charge in [0.25, 0.3) is 0 Å². The predicted molar refractivity (Wildman–Crippen MR) is 119 cm³/mol. The van der Waals surface area contributed by atoms with Crippen LogP contribution in [0.1, 0.15) is 27.6 Å². The van der Waals surface area contributed by atoms with Gasteiger partial charge in [-0.1, -0.05) is 23.6 Å². The van der Waals surface area contributed by atoms with Crippen molar-refractivity contribution >= 4 is 17.4 Å². The third-order valence-corrected chi connectivity index (χ3v) is 4.90. The minimum Gasteiger partial charge on any atom is -0.302 e. The van der Waals surface area contributed by atoms with Gasteiger partial charge in [0.1, 0.15) is 11.6 Å². The van der Waals surface area contributed by atoms with E-state index < -0.39 is 23.0 Å². The van der Waals surface area contributed by atoms with Crippen LogP contribution in [0.15, 0.2) is 36.4 Å². The number of benzene rings is 2. The smallest absolute Gasteiger partial charge is 0.201 e. The first-order valence-corrected chi connectivity index (χ1v) is 10.1. The second-order valence-electron chi connectivity index (χ2n) is 7.57. The van der Waals surface area contributed by atoms with Crippen molar-refractivity contribution in [3.05, 3.63) is 75.8 Å². The van der Waals surface area contributed by atoms with Crippen LogP contribution in [0.5, 0.6) is 0 Å². The molecule has 9 heteroatoms. The van der Waals surface area contributed by atoms with E-state index in [4.69, 9.17) is 18.0 Å². The van der Waals surface area contributed by atoms with Gasteiger partial charge in [0.05, 0.1) is 30.9 Å². The Hall–Kier alpha value is -3.12. The van der Waals surface area contributed by atoms with E-state index in [1.54, 1.807) is 16.7 Å². The van der Waals surface area contributed by atoms with E-state index in [1.165, 1.54) is 12.1 Å². The second-order valence-corrected chi connectivity index (χ2v) is 8.01. The van der Waals surface area contributed by atoms with Crippen molar-refractivity contribution in [3.8, 4) is 18.0 Å². The van der Waals surface area contributed by atoms with E-state index in [0.29, 0.717) is 37.0 Å². The molecule has 0 radical (unpaired) electrons. The molecule has 0 amide bonds. The largest absolute Gasteiger partial charge is 0.302 e. The van der Waals surface area contributed by atoms with Gasteiger partial charge in [0.2, 0.25) is 5.78 Å². The fourth-order valence-electron chi connectivity index (χ4n) is 3.31. The van der Waals surface area contributed by atoms with Crippen LogP contribution in [0.25, 0.3) is 5.69 Å². The zero-order valence-electron chi connectivity index (χ0n) is 17.9. The van der Waals surface area contributed by atoms with E-state index in [2.05, 4.69) is 16.1 Å². The Bertz CT molecular complexity index is 1170. The maximum Gasteiger partial charge on any atom is 0.201 e.